The van der Waals surface area contributed by atoms with Gasteiger partial charge in [-0.3, -0.25) is 4.79 Å². The van der Waals surface area contributed by atoms with Crippen LogP contribution < -0.4 is 10.1 Å². The molecule has 0 fully saturated rings. The Morgan fingerprint density at radius 2 is 2.22 bits per heavy atom. The zero-order valence-corrected chi connectivity index (χ0v) is 14.1. The number of rotatable bonds is 6. The van der Waals surface area contributed by atoms with E-state index in [9.17, 15) is 4.79 Å². The van der Waals surface area contributed by atoms with Crippen molar-refractivity contribution in [1.29, 1.82) is 0 Å². The molecule has 0 atom stereocenters. The Kier molecular flexibility index (Phi) is 4.99. The van der Waals surface area contributed by atoms with Gasteiger partial charge in [-0.15, -0.1) is 11.3 Å². The number of thiophene rings is 1. The quantitative estimate of drug-likeness (QED) is 0.745. The molecule has 23 heavy (non-hydrogen) atoms. The van der Waals surface area contributed by atoms with Crippen LogP contribution in [0.25, 0.3) is 10.6 Å². The third-order valence-corrected chi connectivity index (χ3v) is 4.78. The first-order valence-electron chi connectivity index (χ1n) is 6.97. The average Bonchev–Trinajstić information content (AvgIpc) is 3.24. The Balaban J connectivity index is 1.53. The summed E-state index contributed by atoms with van der Waals surface area (Å²) in [4.78, 5) is 20.6. The molecule has 3 aromatic rings. The molecular formula is C16H15N3O2S2. The van der Waals surface area contributed by atoms with Gasteiger partial charge in [-0.05, 0) is 17.0 Å². The van der Waals surface area contributed by atoms with Crippen LogP contribution in [0.3, 0.4) is 0 Å². The molecule has 118 valence electrons. The van der Waals surface area contributed by atoms with Crippen molar-refractivity contribution >= 4 is 28.6 Å². The lowest BCUT2D eigenvalue weighted by Gasteiger charge is -2.05. The third-order valence-electron chi connectivity index (χ3n) is 3.16. The molecule has 0 spiro atoms. The summed E-state index contributed by atoms with van der Waals surface area (Å²) in [6.45, 7) is 0.442. The number of hydrogen-bond acceptors (Lipinski definition) is 6. The van der Waals surface area contributed by atoms with Crippen molar-refractivity contribution in [2.24, 2.45) is 0 Å². The number of amides is 1. The number of ether oxygens (including phenoxy) is 1. The van der Waals surface area contributed by atoms with E-state index in [1.807, 2.05) is 22.9 Å². The van der Waals surface area contributed by atoms with Crippen LogP contribution in [0.4, 0.5) is 0 Å². The monoisotopic (exact) mass is 345 g/mol. The van der Waals surface area contributed by atoms with Gasteiger partial charge >= 0.3 is 0 Å². The minimum absolute atomic E-state index is 0.0528. The molecule has 0 saturated carbocycles. The summed E-state index contributed by atoms with van der Waals surface area (Å²) in [7, 11) is 1.57. The Morgan fingerprint density at radius 3 is 2.91 bits per heavy atom. The lowest BCUT2D eigenvalue weighted by Crippen LogP contribution is -2.24. The van der Waals surface area contributed by atoms with Crippen molar-refractivity contribution in [3.05, 3.63) is 51.8 Å². The fraction of sp³-hybridized carbons (Fsp3) is 0.188. The van der Waals surface area contributed by atoms with Crippen LogP contribution in [0, 0.1) is 0 Å². The normalized spacial score (nSPS) is 10.5. The number of hydrogen-bond donors (Lipinski definition) is 1. The molecule has 0 saturated heterocycles. The summed E-state index contributed by atoms with van der Waals surface area (Å²) in [5.74, 6) is 0.506. The Morgan fingerprint density at radius 1 is 1.30 bits per heavy atom. The molecule has 0 aliphatic heterocycles. The van der Waals surface area contributed by atoms with E-state index in [0.717, 1.165) is 21.8 Å². The van der Waals surface area contributed by atoms with Crippen LogP contribution >= 0.6 is 22.7 Å². The molecule has 0 aliphatic rings. The van der Waals surface area contributed by atoms with E-state index in [0.29, 0.717) is 12.4 Å². The van der Waals surface area contributed by atoms with E-state index in [4.69, 9.17) is 4.74 Å². The number of aromatic nitrogens is 2. The van der Waals surface area contributed by atoms with Crippen molar-refractivity contribution in [1.82, 2.24) is 15.3 Å². The highest BCUT2D eigenvalue weighted by atomic mass is 32.1. The lowest BCUT2D eigenvalue weighted by molar-refractivity contribution is -0.120. The van der Waals surface area contributed by atoms with Gasteiger partial charge in [0, 0.05) is 35.1 Å². The third kappa shape index (κ3) is 4.14. The van der Waals surface area contributed by atoms with Gasteiger partial charge in [0.2, 0.25) is 11.8 Å². The van der Waals surface area contributed by atoms with Gasteiger partial charge in [0.05, 0.1) is 19.2 Å². The molecular weight excluding hydrogens is 330 g/mol. The zero-order chi connectivity index (χ0) is 16.1. The molecule has 7 heteroatoms. The minimum Gasteiger partial charge on any atom is -0.481 e. The first kappa shape index (κ1) is 15.6. The Labute approximate surface area is 142 Å². The fourth-order valence-electron chi connectivity index (χ4n) is 1.97. The molecule has 0 unspecified atom stereocenters. The molecule has 5 nitrogen and oxygen atoms in total. The van der Waals surface area contributed by atoms with Gasteiger partial charge in [0.25, 0.3) is 0 Å². The second-order valence-corrected chi connectivity index (χ2v) is 6.46. The standard InChI is InChI=1S/C16H15N3O2S2/c1-21-15-3-2-11(8-18-15)7-17-14(20)6-13-10-23-16(19-13)12-4-5-22-9-12/h2-5,8-10H,6-7H2,1H3,(H,17,20). The van der Waals surface area contributed by atoms with Crippen molar-refractivity contribution in [3.63, 3.8) is 0 Å². The van der Waals surface area contributed by atoms with Gasteiger partial charge in [0.1, 0.15) is 5.01 Å². The van der Waals surface area contributed by atoms with Crippen LogP contribution in [0.2, 0.25) is 0 Å². The predicted octanol–water partition coefficient (Wildman–Crippen LogP) is 3.13. The summed E-state index contributed by atoms with van der Waals surface area (Å²) < 4.78 is 5.00. The molecule has 0 radical (unpaired) electrons. The summed E-state index contributed by atoms with van der Waals surface area (Å²) in [6.07, 6.45) is 1.97. The predicted molar refractivity (Wildman–Crippen MR) is 91.8 cm³/mol. The first-order valence-corrected chi connectivity index (χ1v) is 8.79. The second-order valence-electron chi connectivity index (χ2n) is 4.82. The Bertz CT molecular complexity index is 767. The van der Waals surface area contributed by atoms with E-state index in [1.165, 1.54) is 0 Å². The summed E-state index contributed by atoms with van der Waals surface area (Å²) in [6, 6.07) is 5.68. The van der Waals surface area contributed by atoms with E-state index in [1.54, 1.807) is 42.0 Å². The van der Waals surface area contributed by atoms with Gasteiger partial charge in [-0.25, -0.2) is 9.97 Å². The van der Waals surface area contributed by atoms with Crippen LogP contribution in [0.15, 0.2) is 40.5 Å². The highest BCUT2D eigenvalue weighted by molar-refractivity contribution is 7.14. The molecule has 3 aromatic heterocycles. The van der Waals surface area contributed by atoms with E-state index >= 15 is 0 Å². The summed E-state index contributed by atoms with van der Waals surface area (Å²) in [5.41, 5.74) is 2.83. The van der Waals surface area contributed by atoms with Crippen LogP contribution in [-0.2, 0) is 17.8 Å². The maximum Gasteiger partial charge on any atom is 0.226 e. The number of methoxy groups -OCH3 is 1. The van der Waals surface area contributed by atoms with Crippen LogP contribution in [0.5, 0.6) is 5.88 Å². The first-order chi connectivity index (χ1) is 11.2. The highest BCUT2D eigenvalue weighted by Gasteiger charge is 2.09. The van der Waals surface area contributed by atoms with Gasteiger partial charge < -0.3 is 10.1 Å². The van der Waals surface area contributed by atoms with Crippen molar-refractivity contribution < 1.29 is 9.53 Å². The maximum absolute atomic E-state index is 12.0. The lowest BCUT2D eigenvalue weighted by atomic mass is 10.2. The molecule has 1 N–H and O–H groups in total. The summed E-state index contributed by atoms with van der Waals surface area (Å²) >= 11 is 3.20. The molecule has 0 bridgehead atoms. The number of thiazole rings is 1. The SMILES string of the molecule is COc1ccc(CNC(=O)Cc2csc(-c3ccsc3)n2)cn1. The minimum atomic E-state index is -0.0528. The largest absolute Gasteiger partial charge is 0.481 e. The van der Waals surface area contributed by atoms with E-state index < -0.39 is 0 Å². The number of nitrogens with one attached hydrogen (secondary N) is 1. The topological polar surface area (TPSA) is 64.1 Å². The highest BCUT2D eigenvalue weighted by Crippen LogP contribution is 2.25. The van der Waals surface area contributed by atoms with Crippen molar-refractivity contribution in [2.75, 3.05) is 7.11 Å². The van der Waals surface area contributed by atoms with Crippen molar-refractivity contribution in [3.8, 4) is 16.5 Å². The van der Waals surface area contributed by atoms with Gasteiger partial charge in [0.15, 0.2) is 0 Å². The van der Waals surface area contributed by atoms with Crippen LogP contribution in [-0.4, -0.2) is 23.0 Å². The van der Waals surface area contributed by atoms with E-state index in [2.05, 4.69) is 20.7 Å². The summed E-state index contributed by atoms with van der Waals surface area (Å²) in [5, 5.41) is 9.83. The number of carbonyl (C=O) groups is 1. The molecule has 3 rings (SSSR count). The average molecular weight is 345 g/mol. The second kappa shape index (κ2) is 7.34. The van der Waals surface area contributed by atoms with Crippen molar-refractivity contribution in [2.45, 2.75) is 13.0 Å². The molecule has 3 heterocycles. The molecule has 0 aromatic carbocycles. The van der Waals surface area contributed by atoms with Gasteiger partial charge in [-0.2, -0.15) is 11.3 Å². The van der Waals surface area contributed by atoms with E-state index in [-0.39, 0.29) is 12.3 Å². The number of pyridine rings is 1. The zero-order valence-electron chi connectivity index (χ0n) is 12.5. The Hall–Kier alpha value is -2.25. The molecule has 1 amide bonds. The fourth-order valence-corrected chi connectivity index (χ4v) is 3.50. The molecule has 0 aliphatic carbocycles. The maximum atomic E-state index is 12.0. The smallest absolute Gasteiger partial charge is 0.226 e. The van der Waals surface area contributed by atoms with Crippen LogP contribution in [0.1, 0.15) is 11.3 Å². The number of nitrogens with zero attached hydrogens (tertiary/aromatic N) is 2. The van der Waals surface area contributed by atoms with Gasteiger partial charge in [-0.1, -0.05) is 6.07 Å². The number of carbonyl (C=O) groups excluding carboxylic acids is 1.